The highest BCUT2D eigenvalue weighted by Crippen LogP contribution is 2.47. The number of terminal acetylenes is 1. The summed E-state index contributed by atoms with van der Waals surface area (Å²) in [6.07, 6.45) is 10.0. The number of hydrogen-bond donors (Lipinski definition) is 1. The molecule has 1 saturated heterocycles. The van der Waals surface area contributed by atoms with Crippen molar-refractivity contribution in [3.63, 3.8) is 0 Å². The van der Waals surface area contributed by atoms with E-state index in [1.807, 2.05) is 57.8 Å². The van der Waals surface area contributed by atoms with Crippen molar-refractivity contribution in [1.82, 2.24) is 10.2 Å². The van der Waals surface area contributed by atoms with E-state index in [4.69, 9.17) is 9.47 Å². The van der Waals surface area contributed by atoms with E-state index in [9.17, 15) is 9.59 Å². The number of amides is 1. The monoisotopic (exact) mass is 478 g/mol. The summed E-state index contributed by atoms with van der Waals surface area (Å²) in [6, 6.07) is 14.2. The first-order chi connectivity index (χ1) is 16.6. The van der Waals surface area contributed by atoms with Crippen molar-refractivity contribution in [2.75, 3.05) is 13.6 Å². The third kappa shape index (κ3) is 6.04. The van der Waals surface area contributed by atoms with Gasteiger partial charge in [0.1, 0.15) is 11.1 Å². The van der Waals surface area contributed by atoms with Crippen LogP contribution in [0.25, 0.3) is 10.8 Å². The molecular weight excluding hydrogens is 440 g/mol. The number of hydrogen-bond acceptors (Lipinski definition) is 5. The van der Waals surface area contributed by atoms with E-state index in [-0.39, 0.29) is 29.9 Å². The number of likely N-dealkylation sites (N-methyl/N-ethyl adjacent to an activating group) is 1. The van der Waals surface area contributed by atoms with Crippen LogP contribution >= 0.6 is 0 Å². The third-order valence-electron chi connectivity index (χ3n) is 6.87. The van der Waals surface area contributed by atoms with Crippen LogP contribution in [0.2, 0.25) is 0 Å². The van der Waals surface area contributed by atoms with Gasteiger partial charge in [-0.15, -0.1) is 12.8 Å². The quantitative estimate of drug-likeness (QED) is 0.475. The lowest BCUT2D eigenvalue weighted by Crippen LogP contribution is -2.52. The Hall–Kier alpha value is -2.88. The minimum atomic E-state index is -0.887. The second kappa shape index (κ2) is 10.8. The molecule has 0 unspecified atom stereocenters. The van der Waals surface area contributed by atoms with Crippen LogP contribution in [0, 0.1) is 18.8 Å². The first-order valence-corrected chi connectivity index (χ1v) is 12.3. The minimum Gasteiger partial charge on any atom is -0.458 e. The maximum Gasteiger partial charge on any atom is 0.332 e. The first-order valence-electron chi connectivity index (χ1n) is 12.3. The summed E-state index contributed by atoms with van der Waals surface area (Å²) in [6.45, 7) is 8.79. The molecule has 2 aliphatic rings. The van der Waals surface area contributed by atoms with Crippen LogP contribution in [0.3, 0.4) is 0 Å². The number of carbonyl (C=O) groups is 2. The summed E-state index contributed by atoms with van der Waals surface area (Å²) in [5, 5.41) is 5.46. The third-order valence-corrected chi connectivity index (χ3v) is 6.87. The van der Waals surface area contributed by atoms with Crippen molar-refractivity contribution >= 4 is 22.6 Å². The highest BCUT2D eigenvalue weighted by Gasteiger charge is 2.62. The number of carbonyl (C=O) groups excluding carboxylic acids is 2. The van der Waals surface area contributed by atoms with Gasteiger partial charge in [-0.3, -0.25) is 9.69 Å². The van der Waals surface area contributed by atoms with Gasteiger partial charge in [-0.05, 0) is 62.9 Å². The van der Waals surface area contributed by atoms with E-state index in [1.165, 1.54) is 10.8 Å². The lowest BCUT2D eigenvalue weighted by atomic mass is 10.1. The van der Waals surface area contributed by atoms with Crippen molar-refractivity contribution in [3.05, 3.63) is 48.0 Å². The molecule has 35 heavy (non-hydrogen) atoms. The van der Waals surface area contributed by atoms with Crippen LogP contribution < -0.4 is 5.32 Å². The smallest absolute Gasteiger partial charge is 0.332 e. The Bertz CT molecular complexity index is 1070. The maximum absolute atomic E-state index is 13.2. The number of benzene rings is 2. The molecule has 1 heterocycles. The molecule has 2 fully saturated rings. The molecule has 0 spiro atoms. The zero-order chi connectivity index (χ0) is 25.8. The lowest BCUT2D eigenvalue weighted by molar-refractivity contribution is -0.161. The van der Waals surface area contributed by atoms with Crippen LogP contribution in [0.4, 0.5) is 0 Å². The van der Waals surface area contributed by atoms with E-state index >= 15 is 0 Å². The van der Waals surface area contributed by atoms with Gasteiger partial charge in [-0.1, -0.05) is 55.8 Å². The molecular formula is C29H38N2O4. The van der Waals surface area contributed by atoms with Gasteiger partial charge in [0.05, 0.1) is 18.8 Å². The van der Waals surface area contributed by atoms with Crippen molar-refractivity contribution in [1.29, 1.82) is 0 Å². The van der Waals surface area contributed by atoms with Crippen molar-refractivity contribution in [2.24, 2.45) is 5.92 Å². The molecule has 0 radical (unpaired) electrons. The maximum atomic E-state index is 13.2. The van der Waals surface area contributed by atoms with Crippen LogP contribution in [-0.4, -0.2) is 53.7 Å². The van der Waals surface area contributed by atoms with E-state index in [0.717, 1.165) is 12.0 Å². The normalized spacial score (nSPS) is 26.0. The average Bonchev–Trinajstić information content (AvgIpc) is 3.42. The van der Waals surface area contributed by atoms with Crippen LogP contribution in [-0.2, 0) is 25.7 Å². The summed E-state index contributed by atoms with van der Waals surface area (Å²) in [7, 11) is 1.94. The Morgan fingerprint density at radius 1 is 1.14 bits per heavy atom. The van der Waals surface area contributed by atoms with Crippen molar-refractivity contribution < 1.29 is 19.1 Å². The number of esters is 1. The summed E-state index contributed by atoms with van der Waals surface area (Å²) < 4.78 is 11.9. The van der Waals surface area contributed by atoms with Crippen LogP contribution in [0.5, 0.6) is 0 Å². The molecule has 1 amide bonds. The molecule has 1 saturated carbocycles. The van der Waals surface area contributed by atoms with E-state index in [1.54, 1.807) is 0 Å². The summed E-state index contributed by atoms with van der Waals surface area (Å²) in [5.74, 6) is -0.309. The predicted molar refractivity (Wildman–Crippen MR) is 139 cm³/mol. The van der Waals surface area contributed by atoms with Gasteiger partial charge >= 0.3 is 5.97 Å². The highest BCUT2D eigenvalue weighted by atomic mass is 16.6. The molecule has 6 heteroatoms. The summed E-state index contributed by atoms with van der Waals surface area (Å²) in [4.78, 5) is 28.1. The summed E-state index contributed by atoms with van der Waals surface area (Å²) in [5.41, 5.74) is -0.321. The molecule has 6 nitrogen and oxygen atoms in total. The molecule has 4 rings (SSSR count). The minimum absolute atomic E-state index is 0.0385. The Balaban J connectivity index is 0.00000167. The standard InChI is InChI=1S/C27H36N2O4.C2H2/c1-6-20-15-27(20,25(31)33-26(2,3)4)28-24(30)23-14-21(16-29(23)5)32-17-19-12-9-11-18-10-7-8-13-22(18)19;1-2/h7-13,20-21,23H,6,14-17H2,1-5H3,(H,28,30);1-2H/t20-,21+,23-,27+;/m0./s1. The zero-order valence-electron chi connectivity index (χ0n) is 21.5. The largest absolute Gasteiger partial charge is 0.458 e. The highest BCUT2D eigenvalue weighted by molar-refractivity contribution is 5.93. The van der Waals surface area contributed by atoms with Gasteiger partial charge < -0.3 is 14.8 Å². The molecule has 0 aromatic heterocycles. The number of nitrogens with zero attached hydrogens (tertiary/aromatic N) is 1. The van der Waals surface area contributed by atoms with Gasteiger partial charge in [0.2, 0.25) is 5.91 Å². The lowest BCUT2D eigenvalue weighted by Gasteiger charge is -2.27. The number of fused-ring (bicyclic) bond motifs is 1. The number of rotatable bonds is 7. The van der Waals surface area contributed by atoms with Crippen LogP contribution in [0.15, 0.2) is 42.5 Å². The number of nitrogens with one attached hydrogen (secondary N) is 1. The molecule has 2 aromatic carbocycles. The van der Waals surface area contributed by atoms with Crippen molar-refractivity contribution in [2.45, 2.75) is 76.9 Å². The second-order valence-corrected chi connectivity index (χ2v) is 10.5. The second-order valence-electron chi connectivity index (χ2n) is 10.5. The van der Waals surface area contributed by atoms with Crippen molar-refractivity contribution in [3.8, 4) is 12.8 Å². The SMILES string of the molecule is C#C.CC[C@H]1C[C@]1(NC(=O)[C@@H]1C[C@@H](OCc2cccc3ccccc23)CN1C)C(=O)OC(C)(C)C. The molecule has 4 atom stereocenters. The number of ether oxygens (including phenoxy) is 2. The van der Waals surface area contributed by atoms with Gasteiger partial charge in [0.25, 0.3) is 0 Å². The topological polar surface area (TPSA) is 67.9 Å². The van der Waals surface area contributed by atoms with E-state index < -0.39 is 11.1 Å². The van der Waals surface area contributed by atoms with Crippen LogP contribution in [0.1, 0.15) is 52.5 Å². The van der Waals surface area contributed by atoms with Gasteiger partial charge in [-0.2, -0.15) is 0 Å². The molecule has 188 valence electrons. The zero-order valence-corrected chi connectivity index (χ0v) is 21.5. The van der Waals surface area contributed by atoms with E-state index in [2.05, 4.69) is 42.4 Å². The summed E-state index contributed by atoms with van der Waals surface area (Å²) >= 11 is 0. The van der Waals surface area contributed by atoms with Gasteiger partial charge in [0.15, 0.2) is 0 Å². The fourth-order valence-electron chi connectivity index (χ4n) is 4.95. The van der Waals surface area contributed by atoms with Gasteiger partial charge in [-0.25, -0.2) is 4.79 Å². The fourth-order valence-corrected chi connectivity index (χ4v) is 4.95. The Morgan fingerprint density at radius 3 is 2.49 bits per heavy atom. The van der Waals surface area contributed by atoms with E-state index in [0.29, 0.717) is 26.0 Å². The average molecular weight is 479 g/mol. The number of likely N-dealkylation sites (tertiary alicyclic amines) is 1. The Labute approximate surface area is 209 Å². The molecule has 1 N–H and O–H groups in total. The molecule has 1 aliphatic carbocycles. The fraction of sp³-hybridized carbons (Fsp3) is 0.517. The molecule has 0 bridgehead atoms. The predicted octanol–water partition coefficient (Wildman–Crippen LogP) is 4.31. The first kappa shape index (κ1) is 26.7. The Morgan fingerprint density at radius 2 is 1.83 bits per heavy atom. The Kier molecular flexibility index (Phi) is 8.25. The van der Waals surface area contributed by atoms with Gasteiger partial charge in [0, 0.05) is 6.54 Å². The molecule has 1 aliphatic heterocycles. The molecule has 2 aromatic rings.